The summed E-state index contributed by atoms with van der Waals surface area (Å²) in [7, 11) is 0. The molecule has 1 heterocycles. The van der Waals surface area contributed by atoms with Crippen molar-refractivity contribution in [1.82, 2.24) is 9.96 Å². The molecule has 6 nitrogen and oxygen atoms in total. The molecule has 2 unspecified atom stereocenters. The van der Waals surface area contributed by atoms with Crippen LogP contribution < -0.4 is 0 Å². The van der Waals surface area contributed by atoms with Gasteiger partial charge in [-0.2, -0.15) is 5.06 Å². The molecule has 1 amide bonds. The Kier molecular flexibility index (Phi) is 11.5. The third kappa shape index (κ3) is 9.23. The maximum absolute atomic E-state index is 13.3. The van der Waals surface area contributed by atoms with Gasteiger partial charge < -0.3 is 9.64 Å². The van der Waals surface area contributed by atoms with Crippen molar-refractivity contribution in [3.63, 3.8) is 0 Å². The highest BCUT2D eigenvalue weighted by Crippen LogP contribution is 2.35. The van der Waals surface area contributed by atoms with Gasteiger partial charge in [-0.25, -0.2) is 0 Å². The molecule has 2 fully saturated rings. The third-order valence-corrected chi connectivity index (χ3v) is 7.50. The molecule has 0 bridgehead atoms. The molecule has 0 spiro atoms. The Hall–Kier alpha value is -1.92. The van der Waals surface area contributed by atoms with E-state index in [1.54, 1.807) is 12.0 Å². The highest BCUT2D eigenvalue weighted by Gasteiger charge is 2.33. The van der Waals surface area contributed by atoms with E-state index < -0.39 is 6.29 Å². The number of esters is 1. The normalized spacial score (nSPS) is 19.9. The van der Waals surface area contributed by atoms with E-state index in [2.05, 4.69) is 24.3 Å². The molecule has 0 radical (unpaired) electrons. The average molecular weight is 487 g/mol. The molecule has 35 heavy (non-hydrogen) atoms. The molecular formula is C29H46N2O4. The van der Waals surface area contributed by atoms with Gasteiger partial charge >= 0.3 is 5.97 Å². The van der Waals surface area contributed by atoms with Crippen LogP contribution in [0.15, 0.2) is 30.3 Å². The van der Waals surface area contributed by atoms with Crippen LogP contribution in [0.25, 0.3) is 0 Å². The van der Waals surface area contributed by atoms with E-state index in [0.717, 1.165) is 44.7 Å². The van der Waals surface area contributed by atoms with Gasteiger partial charge in [-0.1, -0.05) is 83.2 Å². The smallest absolute Gasteiger partial charge is 0.307 e. The number of nitrogens with zero attached hydrogens (tertiary/aromatic N) is 2. The van der Waals surface area contributed by atoms with Crippen LogP contribution in [-0.2, 0) is 25.6 Å². The Morgan fingerprint density at radius 2 is 1.77 bits per heavy atom. The molecule has 2 atom stereocenters. The minimum atomic E-state index is -0.682. The minimum Gasteiger partial charge on any atom is -0.434 e. The highest BCUT2D eigenvalue weighted by molar-refractivity contribution is 5.78. The van der Waals surface area contributed by atoms with Gasteiger partial charge in [-0.05, 0) is 43.1 Å². The van der Waals surface area contributed by atoms with Crippen LogP contribution in [0, 0.1) is 17.8 Å². The van der Waals surface area contributed by atoms with Gasteiger partial charge in [0.05, 0.1) is 0 Å². The number of hydroxylamine groups is 2. The first-order valence-corrected chi connectivity index (χ1v) is 13.9. The van der Waals surface area contributed by atoms with Gasteiger partial charge in [0.2, 0.25) is 12.2 Å². The quantitative estimate of drug-likeness (QED) is 0.157. The Labute approximate surface area is 212 Å². The number of amides is 1. The van der Waals surface area contributed by atoms with Crippen LogP contribution in [0.3, 0.4) is 0 Å². The predicted molar refractivity (Wildman–Crippen MR) is 138 cm³/mol. The van der Waals surface area contributed by atoms with Crippen molar-refractivity contribution in [2.45, 2.75) is 91.3 Å². The van der Waals surface area contributed by atoms with Gasteiger partial charge in [-0.3, -0.25) is 14.4 Å². The van der Waals surface area contributed by atoms with Crippen LogP contribution in [0.4, 0.5) is 0 Å². The number of unbranched alkanes of at least 4 members (excludes halogenated alkanes) is 1. The van der Waals surface area contributed by atoms with E-state index in [9.17, 15) is 9.59 Å². The number of rotatable bonds is 13. The number of benzene rings is 1. The number of ether oxygens (including phenoxy) is 1. The second-order valence-electron chi connectivity index (χ2n) is 10.7. The molecular weight excluding hydrogens is 440 g/mol. The molecule has 1 aliphatic carbocycles. The first-order valence-electron chi connectivity index (χ1n) is 13.9. The zero-order chi connectivity index (χ0) is 25.0. The van der Waals surface area contributed by atoms with Gasteiger partial charge in [0.15, 0.2) is 0 Å². The summed E-state index contributed by atoms with van der Waals surface area (Å²) in [6, 6.07) is 10.5. The van der Waals surface area contributed by atoms with Crippen molar-refractivity contribution in [3.05, 3.63) is 35.9 Å². The predicted octanol–water partition coefficient (Wildman–Crippen LogP) is 5.61. The van der Waals surface area contributed by atoms with Gasteiger partial charge in [0, 0.05) is 32.0 Å². The number of aryl methyl sites for hydroxylation is 1. The van der Waals surface area contributed by atoms with Crippen molar-refractivity contribution in [2.24, 2.45) is 17.8 Å². The lowest BCUT2D eigenvalue weighted by Gasteiger charge is -2.30. The Morgan fingerprint density at radius 3 is 2.46 bits per heavy atom. The van der Waals surface area contributed by atoms with E-state index in [-0.39, 0.29) is 24.3 Å². The van der Waals surface area contributed by atoms with E-state index in [0.29, 0.717) is 18.9 Å². The average Bonchev–Trinajstić information content (AvgIpc) is 3.37. The lowest BCUT2D eigenvalue weighted by molar-refractivity contribution is -0.284. The summed E-state index contributed by atoms with van der Waals surface area (Å²) in [4.78, 5) is 33.4. The summed E-state index contributed by atoms with van der Waals surface area (Å²) in [6.45, 7) is 8.28. The van der Waals surface area contributed by atoms with Crippen molar-refractivity contribution in [2.75, 3.05) is 26.2 Å². The van der Waals surface area contributed by atoms with Crippen molar-refractivity contribution < 1.29 is 19.2 Å². The van der Waals surface area contributed by atoms with Crippen LogP contribution >= 0.6 is 0 Å². The van der Waals surface area contributed by atoms with Gasteiger partial charge in [0.1, 0.15) is 6.54 Å². The number of hydrogen-bond acceptors (Lipinski definition) is 5. The lowest BCUT2D eigenvalue weighted by atomic mass is 9.80. The fourth-order valence-electron chi connectivity index (χ4n) is 5.33. The number of carbonyl (C=O) groups excluding carboxylic acids is 2. The summed E-state index contributed by atoms with van der Waals surface area (Å²) < 4.78 is 5.54. The van der Waals surface area contributed by atoms with Crippen LogP contribution in [-0.4, -0.2) is 54.3 Å². The van der Waals surface area contributed by atoms with Crippen LogP contribution in [0.1, 0.15) is 84.1 Å². The third-order valence-electron chi connectivity index (χ3n) is 7.50. The van der Waals surface area contributed by atoms with E-state index >= 15 is 0 Å². The monoisotopic (exact) mass is 486 g/mol. The Morgan fingerprint density at radius 1 is 1.03 bits per heavy atom. The molecule has 1 aromatic carbocycles. The summed E-state index contributed by atoms with van der Waals surface area (Å²) in [5.41, 5.74) is 1.32. The molecule has 6 heteroatoms. The zero-order valence-corrected chi connectivity index (χ0v) is 22.1. The first-order chi connectivity index (χ1) is 17.0. The van der Waals surface area contributed by atoms with E-state index in [1.165, 1.54) is 37.7 Å². The van der Waals surface area contributed by atoms with E-state index in [4.69, 9.17) is 9.57 Å². The summed E-state index contributed by atoms with van der Waals surface area (Å²) in [6.07, 6.45) is 10.3. The number of hydrogen-bond donors (Lipinski definition) is 0. The van der Waals surface area contributed by atoms with Gasteiger partial charge in [-0.15, -0.1) is 0 Å². The maximum Gasteiger partial charge on any atom is 0.307 e. The molecule has 0 N–H and O–H groups in total. The van der Waals surface area contributed by atoms with Crippen LogP contribution in [0.2, 0.25) is 0 Å². The van der Waals surface area contributed by atoms with E-state index in [1.807, 2.05) is 24.8 Å². The highest BCUT2D eigenvalue weighted by atomic mass is 16.8. The van der Waals surface area contributed by atoms with Crippen LogP contribution in [0.5, 0.6) is 0 Å². The van der Waals surface area contributed by atoms with Crippen molar-refractivity contribution in [3.8, 4) is 0 Å². The fraction of sp³-hybridized carbons (Fsp3) is 0.724. The summed E-state index contributed by atoms with van der Waals surface area (Å²) in [5, 5.41) is 1.74. The first kappa shape index (κ1) is 27.7. The second-order valence-corrected chi connectivity index (χ2v) is 10.7. The molecule has 1 aliphatic heterocycles. The minimum absolute atomic E-state index is 0.00473. The lowest BCUT2D eigenvalue weighted by Crippen LogP contribution is -2.43. The SMILES string of the molecule is CCC(=O)OC(ON(CCCCc1ccccc1)CC(=O)N1CCC(C2CCCCC2)C1)C(C)C. The molecule has 0 aromatic heterocycles. The molecule has 1 saturated heterocycles. The summed E-state index contributed by atoms with van der Waals surface area (Å²) >= 11 is 0. The molecule has 1 aromatic rings. The molecule has 3 rings (SSSR count). The number of likely N-dealkylation sites (tertiary alicyclic amines) is 1. The van der Waals surface area contributed by atoms with Crippen molar-refractivity contribution in [1.29, 1.82) is 0 Å². The largest absolute Gasteiger partial charge is 0.434 e. The maximum atomic E-state index is 13.3. The Bertz CT molecular complexity index is 763. The number of carbonyl (C=O) groups is 2. The zero-order valence-electron chi connectivity index (χ0n) is 22.1. The van der Waals surface area contributed by atoms with Gasteiger partial charge in [0.25, 0.3) is 0 Å². The Balaban J connectivity index is 1.55. The molecule has 196 valence electrons. The second kappa shape index (κ2) is 14.6. The topological polar surface area (TPSA) is 59.1 Å². The molecule has 2 aliphatic rings. The summed E-state index contributed by atoms with van der Waals surface area (Å²) in [5.74, 6) is 1.26. The molecule has 1 saturated carbocycles. The van der Waals surface area contributed by atoms with Crippen molar-refractivity contribution >= 4 is 11.9 Å². The fourth-order valence-corrected chi connectivity index (χ4v) is 5.33. The standard InChI is InChI=1S/C29H46N2O4/c1-4-28(33)34-29(23(2)3)35-31(19-12-11-15-24-13-7-5-8-14-24)22-27(32)30-20-18-26(21-30)25-16-9-6-10-17-25/h5,7-8,13-14,23,25-26,29H,4,6,9-12,15-22H2,1-3H3.